The summed E-state index contributed by atoms with van der Waals surface area (Å²) in [6.07, 6.45) is 1.95. The molecule has 0 spiro atoms. The lowest BCUT2D eigenvalue weighted by Crippen LogP contribution is -2.21. The Hall–Kier alpha value is -0.570. The van der Waals surface area contributed by atoms with Gasteiger partial charge in [0.2, 0.25) is 0 Å². The molecule has 1 atom stereocenters. The first kappa shape index (κ1) is 14.5. The molecule has 1 nitrogen and oxygen atoms in total. The lowest BCUT2D eigenvalue weighted by atomic mass is 10.0. The molecule has 17 heavy (non-hydrogen) atoms. The number of hydrogen-bond donors (Lipinski definition) is 1. The fraction of sp³-hybridized carbons (Fsp3) is 0.286. The van der Waals surface area contributed by atoms with Gasteiger partial charge in [0, 0.05) is 10.5 Å². The first-order chi connectivity index (χ1) is 7.72. The molecule has 1 unspecified atom stereocenters. The molecular formula is C14H17BrClN. The summed E-state index contributed by atoms with van der Waals surface area (Å²) in [5.74, 6) is 0. The van der Waals surface area contributed by atoms with Crippen LogP contribution < -0.4 is 5.73 Å². The van der Waals surface area contributed by atoms with E-state index in [-0.39, 0.29) is 18.4 Å². The predicted octanol–water partition coefficient (Wildman–Crippen LogP) is 4.30. The summed E-state index contributed by atoms with van der Waals surface area (Å²) in [5.41, 5.74) is 7.30. The van der Waals surface area contributed by atoms with Gasteiger partial charge in [0.15, 0.2) is 0 Å². The van der Waals surface area contributed by atoms with E-state index in [2.05, 4.69) is 59.3 Å². The highest BCUT2D eigenvalue weighted by Crippen LogP contribution is 2.28. The number of benzene rings is 2. The van der Waals surface area contributed by atoms with Gasteiger partial charge in [-0.1, -0.05) is 43.3 Å². The van der Waals surface area contributed by atoms with Crippen molar-refractivity contribution in [2.24, 2.45) is 5.73 Å². The molecule has 0 saturated carbocycles. The van der Waals surface area contributed by atoms with Crippen molar-refractivity contribution in [2.45, 2.75) is 25.8 Å². The second-order valence-corrected chi connectivity index (χ2v) is 4.93. The van der Waals surface area contributed by atoms with E-state index in [0.29, 0.717) is 0 Å². The standard InChI is InChI=1S/C14H16BrN.ClH/c1-2-12(16)9-11-8-7-10-5-3-4-6-13(10)14(11)15;/h3-8,12H,2,9,16H2,1H3;1H. The number of rotatable bonds is 3. The minimum absolute atomic E-state index is 0. The third kappa shape index (κ3) is 3.21. The summed E-state index contributed by atoms with van der Waals surface area (Å²) >= 11 is 3.68. The van der Waals surface area contributed by atoms with Crippen molar-refractivity contribution in [3.63, 3.8) is 0 Å². The average molecular weight is 315 g/mol. The number of nitrogens with two attached hydrogens (primary N) is 1. The lowest BCUT2D eigenvalue weighted by molar-refractivity contribution is 0.645. The molecule has 0 aromatic heterocycles. The van der Waals surface area contributed by atoms with Gasteiger partial charge in [0.1, 0.15) is 0 Å². The molecule has 0 radical (unpaired) electrons. The minimum atomic E-state index is 0. The van der Waals surface area contributed by atoms with Gasteiger partial charge in [-0.3, -0.25) is 0 Å². The Morgan fingerprint density at radius 3 is 2.59 bits per heavy atom. The smallest absolute Gasteiger partial charge is 0.0286 e. The van der Waals surface area contributed by atoms with Crippen LogP contribution >= 0.6 is 28.3 Å². The number of fused-ring (bicyclic) bond motifs is 1. The highest BCUT2D eigenvalue weighted by molar-refractivity contribution is 9.10. The Balaban J connectivity index is 0.00000144. The average Bonchev–Trinajstić information content (AvgIpc) is 2.33. The molecule has 0 aliphatic rings. The fourth-order valence-corrected chi connectivity index (χ4v) is 2.52. The molecule has 0 heterocycles. The van der Waals surface area contributed by atoms with Crippen LogP contribution in [0, 0.1) is 0 Å². The van der Waals surface area contributed by atoms with E-state index in [1.165, 1.54) is 20.8 Å². The normalized spacial score (nSPS) is 12.2. The molecule has 0 saturated heterocycles. The predicted molar refractivity (Wildman–Crippen MR) is 80.9 cm³/mol. The van der Waals surface area contributed by atoms with Gasteiger partial charge in [0.05, 0.1) is 0 Å². The Labute approximate surface area is 117 Å². The second kappa shape index (κ2) is 6.39. The van der Waals surface area contributed by atoms with Gasteiger partial charge >= 0.3 is 0 Å². The second-order valence-electron chi connectivity index (χ2n) is 4.13. The zero-order valence-corrected chi connectivity index (χ0v) is 12.2. The van der Waals surface area contributed by atoms with Crippen LogP contribution in [0.4, 0.5) is 0 Å². The van der Waals surface area contributed by atoms with Crippen molar-refractivity contribution < 1.29 is 0 Å². The van der Waals surface area contributed by atoms with Crippen LogP contribution in [0.15, 0.2) is 40.9 Å². The molecule has 2 rings (SSSR count). The van der Waals surface area contributed by atoms with Crippen molar-refractivity contribution in [3.8, 4) is 0 Å². The van der Waals surface area contributed by atoms with E-state index in [1.54, 1.807) is 0 Å². The molecular weight excluding hydrogens is 298 g/mol. The quantitative estimate of drug-likeness (QED) is 0.898. The number of hydrogen-bond acceptors (Lipinski definition) is 1. The van der Waals surface area contributed by atoms with Crippen LogP contribution in [-0.2, 0) is 6.42 Å². The van der Waals surface area contributed by atoms with Crippen molar-refractivity contribution in [2.75, 3.05) is 0 Å². The molecule has 0 aliphatic carbocycles. The van der Waals surface area contributed by atoms with Crippen molar-refractivity contribution in [1.29, 1.82) is 0 Å². The minimum Gasteiger partial charge on any atom is -0.327 e. The Morgan fingerprint density at radius 1 is 1.18 bits per heavy atom. The number of halogens is 2. The van der Waals surface area contributed by atoms with Crippen molar-refractivity contribution in [3.05, 3.63) is 46.4 Å². The Bertz CT molecular complexity index is 499. The zero-order valence-electron chi connectivity index (χ0n) is 9.82. The monoisotopic (exact) mass is 313 g/mol. The summed E-state index contributed by atoms with van der Waals surface area (Å²) < 4.78 is 1.19. The van der Waals surface area contributed by atoms with E-state index in [4.69, 9.17) is 5.73 Å². The van der Waals surface area contributed by atoms with Gasteiger partial charge in [-0.2, -0.15) is 0 Å². The van der Waals surface area contributed by atoms with Gasteiger partial charge in [-0.15, -0.1) is 12.4 Å². The molecule has 2 aromatic rings. The first-order valence-electron chi connectivity index (χ1n) is 5.64. The van der Waals surface area contributed by atoms with E-state index < -0.39 is 0 Å². The van der Waals surface area contributed by atoms with E-state index in [9.17, 15) is 0 Å². The van der Waals surface area contributed by atoms with Crippen molar-refractivity contribution in [1.82, 2.24) is 0 Å². The summed E-state index contributed by atoms with van der Waals surface area (Å²) in [6.45, 7) is 2.12. The molecule has 2 aromatic carbocycles. The van der Waals surface area contributed by atoms with Gasteiger partial charge in [-0.05, 0) is 45.1 Å². The maximum Gasteiger partial charge on any atom is 0.0286 e. The Morgan fingerprint density at radius 2 is 1.88 bits per heavy atom. The molecule has 0 fully saturated rings. The van der Waals surface area contributed by atoms with E-state index in [0.717, 1.165) is 12.8 Å². The van der Waals surface area contributed by atoms with E-state index >= 15 is 0 Å². The SMILES string of the molecule is CCC(N)Cc1ccc2ccccc2c1Br.Cl. The molecule has 3 heteroatoms. The van der Waals surface area contributed by atoms with Gasteiger partial charge in [0.25, 0.3) is 0 Å². The van der Waals surface area contributed by atoms with Gasteiger partial charge < -0.3 is 5.73 Å². The summed E-state index contributed by atoms with van der Waals surface area (Å²) in [7, 11) is 0. The maximum absolute atomic E-state index is 6.00. The first-order valence-corrected chi connectivity index (χ1v) is 6.43. The van der Waals surface area contributed by atoms with Crippen LogP contribution in [0.5, 0.6) is 0 Å². The molecule has 92 valence electrons. The highest BCUT2D eigenvalue weighted by Gasteiger charge is 2.07. The Kier molecular flexibility index (Phi) is 5.44. The molecule has 0 aliphatic heterocycles. The maximum atomic E-state index is 6.00. The largest absolute Gasteiger partial charge is 0.327 e. The third-order valence-corrected chi connectivity index (χ3v) is 3.89. The van der Waals surface area contributed by atoms with Crippen LogP contribution in [-0.4, -0.2) is 6.04 Å². The third-order valence-electron chi connectivity index (χ3n) is 2.95. The summed E-state index contributed by atoms with van der Waals surface area (Å²) in [6, 6.07) is 13.0. The van der Waals surface area contributed by atoms with Gasteiger partial charge in [-0.25, -0.2) is 0 Å². The zero-order chi connectivity index (χ0) is 11.5. The fourth-order valence-electron chi connectivity index (χ4n) is 1.86. The van der Waals surface area contributed by atoms with Crippen LogP contribution in [0.2, 0.25) is 0 Å². The van der Waals surface area contributed by atoms with E-state index in [1.807, 2.05) is 0 Å². The van der Waals surface area contributed by atoms with Crippen LogP contribution in [0.3, 0.4) is 0 Å². The van der Waals surface area contributed by atoms with Crippen molar-refractivity contribution >= 4 is 39.1 Å². The summed E-state index contributed by atoms with van der Waals surface area (Å²) in [4.78, 5) is 0. The lowest BCUT2D eigenvalue weighted by Gasteiger charge is -2.12. The highest BCUT2D eigenvalue weighted by atomic mass is 79.9. The molecule has 0 bridgehead atoms. The molecule has 0 amide bonds. The molecule has 2 N–H and O–H groups in total. The van der Waals surface area contributed by atoms with Crippen LogP contribution in [0.1, 0.15) is 18.9 Å². The summed E-state index contributed by atoms with van der Waals surface area (Å²) in [5, 5.41) is 2.53. The topological polar surface area (TPSA) is 26.0 Å². The van der Waals surface area contributed by atoms with Crippen LogP contribution in [0.25, 0.3) is 10.8 Å².